The zero-order chi connectivity index (χ0) is 13.1. The van der Waals surface area contributed by atoms with Crippen LogP contribution in [0.3, 0.4) is 0 Å². The molecule has 1 rings (SSSR count). The number of aromatic nitrogens is 1. The number of nitrogens with one attached hydrogen (secondary N) is 3. The fourth-order valence-corrected chi connectivity index (χ4v) is 1.12. The predicted octanol–water partition coefficient (Wildman–Crippen LogP) is 1.77. The van der Waals surface area contributed by atoms with Crippen molar-refractivity contribution in [1.82, 2.24) is 4.57 Å². The molecule has 17 heavy (non-hydrogen) atoms. The van der Waals surface area contributed by atoms with E-state index < -0.39 is 11.7 Å². The molecule has 0 radical (unpaired) electrons. The normalized spacial score (nSPS) is 10.8. The van der Waals surface area contributed by atoms with Gasteiger partial charge in [-0.2, -0.15) is 0 Å². The van der Waals surface area contributed by atoms with Gasteiger partial charge < -0.3 is 4.74 Å². The van der Waals surface area contributed by atoms with E-state index in [1.807, 2.05) is 0 Å². The fraction of sp³-hybridized carbons (Fsp3) is 0.364. The van der Waals surface area contributed by atoms with E-state index >= 15 is 0 Å². The minimum Gasteiger partial charge on any atom is -0.444 e. The highest BCUT2D eigenvalue weighted by Gasteiger charge is 2.16. The van der Waals surface area contributed by atoms with Crippen molar-refractivity contribution in [1.29, 1.82) is 10.8 Å². The van der Waals surface area contributed by atoms with Crippen LogP contribution < -0.4 is 10.8 Å². The maximum absolute atomic E-state index is 11.4. The largest absolute Gasteiger partial charge is 0.444 e. The second-order valence-corrected chi connectivity index (χ2v) is 4.46. The Morgan fingerprint density at radius 1 is 1.53 bits per heavy atom. The lowest BCUT2D eigenvalue weighted by Gasteiger charge is -2.19. The van der Waals surface area contributed by atoms with Crippen molar-refractivity contribution in [2.45, 2.75) is 26.4 Å². The molecule has 92 valence electrons. The second kappa shape index (κ2) is 4.82. The summed E-state index contributed by atoms with van der Waals surface area (Å²) in [5.41, 5.74) is 0.00765. The van der Waals surface area contributed by atoms with Crippen molar-refractivity contribution < 1.29 is 9.53 Å². The summed E-state index contributed by atoms with van der Waals surface area (Å²) < 4.78 is 6.38. The molecule has 6 nitrogen and oxygen atoms in total. The van der Waals surface area contributed by atoms with Gasteiger partial charge in [0.2, 0.25) is 0 Å². The minimum atomic E-state index is -0.565. The molecular weight excluding hydrogens is 220 g/mol. The monoisotopic (exact) mass is 236 g/mol. The van der Waals surface area contributed by atoms with Gasteiger partial charge in [-0.15, -0.1) is 0 Å². The minimum absolute atomic E-state index is 0.105. The summed E-state index contributed by atoms with van der Waals surface area (Å²) in [6, 6.07) is 3.03. The van der Waals surface area contributed by atoms with Gasteiger partial charge in [-0.1, -0.05) is 0 Å². The van der Waals surface area contributed by atoms with Crippen LogP contribution in [0.4, 0.5) is 10.5 Å². The molecule has 6 heteroatoms. The van der Waals surface area contributed by atoms with E-state index in [0.717, 1.165) is 6.34 Å². The number of hydrogen-bond donors (Lipinski definition) is 3. The van der Waals surface area contributed by atoms with Crippen molar-refractivity contribution in [2.75, 3.05) is 5.32 Å². The number of rotatable bonds is 2. The molecule has 0 fully saturated rings. The molecule has 0 unspecified atom stereocenters. The first-order valence-electron chi connectivity index (χ1n) is 5.09. The number of carbonyl (C=O) groups excluding carboxylic acids is 1. The topological polar surface area (TPSA) is 91.0 Å². The lowest BCUT2D eigenvalue weighted by Crippen LogP contribution is -2.28. The first-order chi connectivity index (χ1) is 7.81. The van der Waals surface area contributed by atoms with Crippen molar-refractivity contribution in [2.24, 2.45) is 0 Å². The number of anilines is 1. The van der Waals surface area contributed by atoms with E-state index in [1.165, 1.54) is 16.8 Å². The van der Waals surface area contributed by atoms with Crippen LogP contribution in [-0.4, -0.2) is 22.6 Å². The number of amides is 1. The van der Waals surface area contributed by atoms with Gasteiger partial charge in [-0.3, -0.25) is 20.7 Å². The third-order valence-electron chi connectivity index (χ3n) is 1.77. The SMILES string of the molecule is CC(C)(C)OC(=O)Nc1ccn(C=N)c(=N)c1. The van der Waals surface area contributed by atoms with Crippen molar-refractivity contribution in [3.05, 3.63) is 23.8 Å². The van der Waals surface area contributed by atoms with Crippen LogP contribution in [0, 0.1) is 10.8 Å². The summed E-state index contributed by atoms with van der Waals surface area (Å²) in [6.07, 6.45) is 1.96. The molecule has 0 aliphatic rings. The van der Waals surface area contributed by atoms with Gasteiger partial charge in [0.05, 0.1) is 6.34 Å². The molecule has 0 aliphatic heterocycles. The molecule has 0 atom stereocenters. The molecule has 1 amide bonds. The standard InChI is InChI=1S/C11H16N4O2/c1-11(2,3)17-10(16)14-8-4-5-15(7-12)9(13)6-8/h4-7,12-13H,1-3H3,(H,14,16). The maximum atomic E-state index is 11.4. The number of ether oxygens (including phenoxy) is 1. The highest BCUT2D eigenvalue weighted by Crippen LogP contribution is 2.09. The second-order valence-electron chi connectivity index (χ2n) is 4.46. The number of carbonyl (C=O) groups is 1. The van der Waals surface area contributed by atoms with E-state index in [9.17, 15) is 4.79 Å². The first-order valence-corrected chi connectivity index (χ1v) is 5.09. The Kier molecular flexibility index (Phi) is 3.67. The highest BCUT2D eigenvalue weighted by molar-refractivity contribution is 5.84. The van der Waals surface area contributed by atoms with Crippen molar-refractivity contribution in [3.63, 3.8) is 0 Å². The third kappa shape index (κ3) is 4.10. The van der Waals surface area contributed by atoms with Gasteiger partial charge in [-0.05, 0) is 26.8 Å². The predicted molar refractivity (Wildman–Crippen MR) is 64.3 cm³/mol. The molecular formula is C11H16N4O2. The Hall–Kier alpha value is -2.11. The fourth-order valence-electron chi connectivity index (χ4n) is 1.12. The highest BCUT2D eigenvalue weighted by atomic mass is 16.6. The average molecular weight is 236 g/mol. The smallest absolute Gasteiger partial charge is 0.412 e. The van der Waals surface area contributed by atoms with Crippen LogP contribution in [0.25, 0.3) is 0 Å². The van der Waals surface area contributed by atoms with Crippen LogP contribution in [0.2, 0.25) is 0 Å². The molecule has 0 aliphatic carbocycles. The summed E-state index contributed by atoms with van der Waals surface area (Å²) in [5.74, 6) is 0. The first kappa shape index (κ1) is 13.0. The van der Waals surface area contributed by atoms with Gasteiger partial charge in [0.15, 0.2) is 0 Å². The Balaban J connectivity index is 2.76. The van der Waals surface area contributed by atoms with Crippen molar-refractivity contribution >= 4 is 18.1 Å². The van der Waals surface area contributed by atoms with Crippen LogP contribution in [-0.2, 0) is 4.74 Å². The zero-order valence-corrected chi connectivity index (χ0v) is 10.1. The molecule has 0 spiro atoms. The Labute approximate surface area is 99.2 Å². The van der Waals surface area contributed by atoms with E-state index in [0.29, 0.717) is 5.69 Å². The van der Waals surface area contributed by atoms with Crippen molar-refractivity contribution in [3.8, 4) is 0 Å². The summed E-state index contributed by atoms with van der Waals surface area (Å²) in [4.78, 5) is 11.4. The average Bonchev–Trinajstić information content (AvgIpc) is 2.14. The zero-order valence-electron chi connectivity index (χ0n) is 10.1. The van der Waals surface area contributed by atoms with Gasteiger partial charge in [0.1, 0.15) is 11.1 Å². The summed E-state index contributed by atoms with van der Waals surface area (Å²) in [7, 11) is 0. The van der Waals surface area contributed by atoms with E-state index in [2.05, 4.69) is 5.32 Å². The molecule has 1 aromatic rings. The molecule has 3 N–H and O–H groups in total. The Morgan fingerprint density at radius 3 is 2.65 bits per heavy atom. The molecule has 1 aromatic heterocycles. The summed E-state index contributed by atoms with van der Waals surface area (Å²) in [5, 5.41) is 17.1. The van der Waals surface area contributed by atoms with Crippen LogP contribution >= 0.6 is 0 Å². The van der Waals surface area contributed by atoms with E-state index in [-0.39, 0.29) is 5.49 Å². The quantitative estimate of drug-likeness (QED) is 0.539. The van der Waals surface area contributed by atoms with E-state index in [4.69, 9.17) is 15.6 Å². The molecule has 0 aromatic carbocycles. The summed E-state index contributed by atoms with van der Waals surface area (Å²) in [6.45, 7) is 5.32. The number of nitrogens with zero attached hydrogens (tertiary/aromatic N) is 1. The van der Waals surface area contributed by atoms with Crippen LogP contribution in [0.5, 0.6) is 0 Å². The van der Waals surface area contributed by atoms with Gasteiger partial charge in [0, 0.05) is 18.0 Å². The lowest BCUT2D eigenvalue weighted by molar-refractivity contribution is 0.0636. The third-order valence-corrected chi connectivity index (χ3v) is 1.77. The number of pyridine rings is 1. The molecule has 0 bridgehead atoms. The van der Waals surface area contributed by atoms with E-state index in [1.54, 1.807) is 26.8 Å². The maximum Gasteiger partial charge on any atom is 0.412 e. The summed E-state index contributed by atoms with van der Waals surface area (Å²) >= 11 is 0. The number of hydrogen-bond acceptors (Lipinski definition) is 4. The van der Waals surface area contributed by atoms with Gasteiger partial charge in [-0.25, -0.2) is 4.79 Å². The molecule has 0 saturated carbocycles. The van der Waals surface area contributed by atoms with Crippen LogP contribution in [0.15, 0.2) is 18.3 Å². The molecule has 0 saturated heterocycles. The van der Waals surface area contributed by atoms with Crippen LogP contribution in [0.1, 0.15) is 20.8 Å². The lowest BCUT2D eigenvalue weighted by atomic mass is 10.2. The van der Waals surface area contributed by atoms with Gasteiger partial charge in [0.25, 0.3) is 0 Å². The Morgan fingerprint density at radius 2 is 2.18 bits per heavy atom. The molecule has 1 heterocycles. The Bertz CT molecular complexity index is 485. The van der Waals surface area contributed by atoms with Gasteiger partial charge >= 0.3 is 6.09 Å².